The summed E-state index contributed by atoms with van der Waals surface area (Å²) in [6.45, 7) is 13.0. The van der Waals surface area contributed by atoms with Crippen LogP contribution in [-0.4, -0.2) is 51.6 Å². The molecular formula is C22H37N3O3. The van der Waals surface area contributed by atoms with Gasteiger partial charge >= 0.3 is 0 Å². The Kier molecular flexibility index (Phi) is 9.06. The Morgan fingerprint density at radius 3 is 2.79 bits per heavy atom. The molecule has 0 saturated carbocycles. The number of nitrogens with one attached hydrogen (secondary N) is 2. The Labute approximate surface area is 170 Å². The normalized spacial score (nSPS) is 17.6. The Morgan fingerprint density at radius 2 is 2.11 bits per heavy atom. The number of ether oxygens (including phenoxy) is 3. The first-order chi connectivity index (χ1) is 13.4. The molecule has 1 aromatic carbocycles. The monoisotopic (exact) mass is 391 g/mol. The maximum atomic E-state index is 6.12. The van der Waals surface area contributed by atoms with E-state index in [0.29, 0.717) is 12.5 Å². The van der Waals surface area contributed by atoms with Gasteiger partial charge in [0.1, 0.15) is 11.4 Å². The second-order valence-corrected chi connectivity index (χ2v) is 8.34. The van der Waals surface area contributed by atoms with E-state index in [2.05, 4.69) is 61.5 Å². The van der Waals surface area contributed by atoms with Crippen LogP contribution in [0.1, 0.15) is 44.7 Å². The highest BCUT2D eigenvalue weighted by Gasteiger charge is 2.16. The van der Waals surface area contributed by atoms with Crippen molar-refractivity contribution in [3.8, 4) is 5.75 Å². The molecule has 1 heterocycles. The quantitative estimate of drug-likeness (QED) is 0.384. The van der Waals surface area contributed by atoms with Gasteiger partial charge in [0.25, 0.3) is 0 Å². The zero-order chi connectivity index (χ0) is 20.4. The second-order valence-electron chi connectivity index (χ2n) is 8.34. The highest BCUT2D eigenvalue weighted by atomic mass is 16.5. The Bertz CT molecular complexity index is 620. The molecule has 0 aromatic heterocycles. The van der Waals surface area contributed by atoms with Gasteiger partial charge in [0.05, 0.1) is 13.2 Å². The molecule has 2 N–H and O–H groups in total. The summed E-state index contributed by atoms with van der Waals surface area (Å²) < 4.78 is 17.2. The summed E-state index contributed by atoms with van der Waals surface area (Å²) in [4.78, 5) is 4.30. The Hall–Kier alpha value is -1.79. The Morgan fingerprint density at radius 1 is 1.29 bits per heavy atom. The molecule has 0 amide bonds. The zero-order valence-corrected chi connectivity index (χ0v) is 18.1. The molecule has 1 saturated heterocycles. The standard InChI is InChI=1S/C22H37N3O3/c1-17-7-8-19(20(13-17)28-22(2,3)4)14-25-21(23-5)24-10-6-11-26-15-18-9-12-27-16-18/h7-8,13,18H,6,9-12,14-16H2,1-5H3,(H2,23,24,25). The Balaban J connectivity index is 1.71. The van der Waals surface area contributed by atoms with E-state index < -0.39 is 0 Å². The zero-order valence-electron chi connectivity index (χ0n) is 18.1. The molecule has 1 aliphatic heterocycles. The van der Waals surface area contributed by atoms with Crippen molar-refractivity contribution in [1.29, 1.82) is 0 Å². The number of benzene rings is 1. The molecule has 0 spiro atoms. The van der Waals surface area contributed by atoms with Crippen LogP contribution in [0.3, 0.4) is 0 Å². The number of aliphatic imine (C=N–C) groups is 1. The van der Waals surface area contributed by atoms with Crippen LogP contribution in [-0.2, 0) is 16.0 Å². The summed E-state index contributed by atoms with van der Waals surface area (Å²) in [6, 6.07) is 6.30. The van der Waals surface area contributed by atoms with Gasteiger partial charge in [-0.25, -0.2) is 0 Å². The summed E-state index contributed by atoms with van der Waals surface area (Å²) >= 11 is 0. The molecule has 2 rings (SSSR count). The van der Waals surface area contributed by atoms with E-state index in [1.54, 1.807) is 7.05 Å². The number of rotatable bonds is 9. The SMILES string of the molecule is CN=C(NCCCOCC1CCOC1)NCc1ccc(C)cc1OC(C)(C)C. The lowest BCUT2D eigenvalue weighted by molar-refractivity contribution is 0.0888. The number of aryl methyl sites for hydroxylation is 1. The van der Waals surface area contributed by atoms with Gasteiger partial charge in [0, 0.05) is 44.8 Å². The lowest BCUT2D eigenvalue weighted by Gasteiger charge is -2.24. The number of guanidine groups is 1. The number of nitrogens with zero attached hydrogens (tertiary/aromatic N) is 1. The van der Waals surface area contributed by atoms with Crippen molar-refractivity contribution in [2.45, 2.75) is 52.7 Å². The van der Waals surface area contributed by atoms with Gasteiger partial charge in [0.2, 0.25) is 0 Å². The molecule has 0 bridgehead atoms. The molecule has 28 heavy (non-hydrogen) atoms. The smallest absolute Gasteiger partial charge is 0.191 e. The first-order valence-electron chi connectivity index (χ1n) is 10.3. The van der Waals surface area contributed by atoms with Crippen molar-refractivity contribution < 1.29 is 14.2 Å². The number of hydrogen-bond donors (Lipinski definition) is 2. The molecule has 0 aliphatic carbocycles. The average Bonchev–Trinajstić information content (AvgIpc) is 3.14. The van der Waals surface area contributed by atoms with E-state index in [1.165, 1.54) is 5.56 Å². The number of hydrogen-bond acceptors (Lipinski definition) is 4. The van der Waals surface area contributed by atoms with Crippen molar-refractivity contribution in [2.24, 2.45) is 10.9 Å². The summed E-state index contributed by atoms with van der Waals surface area (Å²) in [7, 11) is 1.79. The second kappa shape index (κ2) is 11.3. The fourth-order valence-electron chi connectivity index (χ4n) is 2.98. The third kappa shape index (κ3) is 8.48. The van der Waals surface area contributed by atoms with Crippen molar-refractivity contribution in [1.82, 2.24) is 10.6 Å². The summed E-state index contributed by atoms with van der Waals surface area (Å²) in [5, 5.41) is 6.71. The third-order valence-electron chi connectivity index (χ3n) is 4.44. The van der Waals surface area contributed by atoms with Crippen molar-refractivity contribution >= 4 is 5.96 Å². The lowest BCUT2D eigenvalue weighted by atomic mass is 10.1. The summed E-state index contributed by atoms with van der Waals surface area (Å²) in [5.41, 5.74) is 2.08. The maximum absolute atomic E-state index is 6.12. The van der Waals surface area contributed by atoms with Crippen LogP contribution in [0.4, 0.5) is 0 Å². The predicted octanol–water partition coefficient (Wildman–Crippen LogP) is 3.28. The minimum atomic E-state index is -0.229. The molecule has 6 heteroatoms. The lowest BCUT2D eigenvalue weighted by Crippen LogP contribution is -2.37. The fourth-order valence-corrected chi connectivity index (χ4v) is 2.98. The van der Waals surface area contributed by atoms with Crippen molar-refractivity contribution in [2.75, 3.05) is 40.0 Å². The van der Waals surface area contributed by atoms with E-state index in [-0.39, 0.29) is 5.60 Å². The molecular weight excluding hydrogens is 354 g/mol. The molecule has 1 aromatic rings. The van der Waals surface area contributed by atoms with Crippen LogP contribution in [0.5, 0.6) is 5.75 Å². The third-order valence-corrected chi connectivity index (χ3v) is 4.44. The molecule has 6 nitrogen and oxygen atoms in total. The van der Waals surface area contributed by atoms with Gasteiger partial charge in [-0.3, -0.25) is 4.99 Å². The predicted molar refractivity (Wildman–Crippen MR) is 114 cm³/mol. The van der Waals surface area contributed by atoms with Gasteiger partial charge in [-0.05, 0) is 52.2 Å². The van der Waals surface area contributed by atoms with E-state index in [0.717, 1.165) is 63.1 Å². The van der Waals surface area contributed by atoms with E-state index >= 15 is 0 Å². The fraction of sp³-hybridized carbons (Fsp3) is 0.682. The first kappa shape index (κ1) is 22.5. The van der Waals surface area contributed by atoms with Gasteiger partial charge in [-0.2, -0.15) is 0 Å². The summed E-state index contributed by atoms with van der Waals surface area (Å²) in [5.74, 6) is 2.27. The maximum Gasteiger partial charge on any atom is 0.191 e. The molecule has 1 unspecified atom stereocenters. The van der Waals surface area contributed by atoms with E-state index in [4.69, 9.17) is 14.2 Å². The largest absolute Gasteiger partial charge is 0.488 e. The molecule has 1 aliphatic rings. The first-order valence-corrected chi connectivity index (χ1v) is 10.3. The van der Waals surface area contributed by atoms with Crippen LogP contribution in [0.25, 0.3) is 0 Å². The minimum absolute atomic E-state index is 0.229. The van der Waals surface area contributed by atoms with Crippen molar-refractivity contribution in [3.05, 3.63) is 29.3 Å². The summed E-state index contributed by atoms with van der Waals surface area (Å²) in [6.07, 6.45) is 2.06. The van der Waals surface area contributed by atoms with Crippen LogP contribution in [0.15, 0.2) is 23.2 Å². The highest BCUT2D eigenvalue weighted by molar-refractivity contribution is 5.79. The highest BCUT2D eigenvalue weighted by Crippen LogP contribution is 2.24. The van der Waals surface area contributed by atoms with Gasteiger partial charge in [-0.1, -0.05) is 12.1 Å². The van der Waals surface area contributed by atoms with Crippen LogP contribution in [0.2, 0.25) is 0 Å². The van der Waals surface area contributed by atoms with Crippen LogP contribution in [0, 0.1) is 12.8 Å². The topological polar surface area (TPSA) is 64.1 Å². The van der Waals surface area contributed by atoms with Crippen molar-refractivity contribution in [3.63, 3.8) is 0 Å². The van der Waals surface area contributed by atoms with Gasteiger partial charge < -0.3 is 24.8 Å². The van der Waals surface area contributed by atoms with Gasteiger partial charge in [-0.15, -0.1) is 0 Å². The average molecular weight is 392 g/mol. The van der Waals surface area contributed by atoms with Crippen LogP contribution < -0.4 is 15.4 Å². The molecule has 0 radical (unpaired) electrons. The van der Waals surface area contributed by atoms with E-state index in [1.807, 2.05) is 0 Å². The minimum Gasteiger partial charge on any atom is -0.488 e. The molecule has 1 fully saturated rings. The van der Waals surface area contributed by atoms with E-state index in [9.17, 15) is 0 Å². The molecule has 1 atom stereocenters. The van der Waals surface area contributed by atoms with Crippen LogP contribution >= 0.6 is 0 Å². The molecule has 158 valence electrons. The van der Waals surface area contributed by atoms with Gasteiger partial charge in [0.15, 0.2) is 5.96 Å².